The van der Waals surface area contributed by atoms with Crippen molar-refractivity contribution in [1.82, 2.24) is 4.57 Å². The van der Waals surface area contributed by atoms with Crippen LogP contribution in [0.25, 0.3) is 83.1 Å². The van der Waals surface area contributed by atoms with Crippen molar-refractivity contribution in [3.05, 3.63) is 323 Å². The highest BCUT2D eigenvalue weighted by Gasteiger charge is 2.53. The second-order valence-electron chi connectivity index (χ2n) is 26.0. The molecule has 0 saturated heterocycles. The van der Waals surface area contributed by atoms with E-state index in [4.69, 9.17) is 0 Å². The van der Waals surface area contributed by atoms with Gasteiger partial charge in [0.2, 0.25) is 0 Å². The van der Waals surface area contributed by atoms with Crippen LogP contribution in [0.15, 0.2) is 267 Å². The molecule has 400 valence electrons. The van der Waals surface area contributed by atoms with E-state index in [0.29, 0.717) is 0 Å². The molecule has 0 unspecified atom stereocenters. The fourth-order valence-corrected chi connectivity index (χ4v) is 15.8. The molecule has 13 aromatic rings. The zero-order valence-corrected chi connectivity index (χ0v) is 48.3. The molecule has 84 heavy (non-hydrogen) atoms. The molecule has 12 aromatic carbocycles. The molecule has 17 rings (SSSR count). The van der Waals surface area contributed by atoms with Crippen LogP contribution in [0.5, 0.6) is 0 Å². The van der Waals surface area contributed by atoms with Crippen LogP contribution in [-0.4, -0.2) is 4.57 Å². The zero-order chi connectivity index (χ0) is 56.4. The molecular weight excluding hydrogens is 1010 g/mol. The molecule has 2 nitrogen and oxygen atoms in total. The summed E-state index contributed by atoms with van der Waals surface area (Å²) in [5.41, 5.74) is 32.3. The summed E-state index contributed by atoms with van der Waals surface area (Å²) in [6, 6.07) is 102. The zero-order valence-electron chi connectivity index (χ0n) is 48.3. The van der Waals surface area contributed by atoms with E-state index in [2.05, 4.69) is 318 Å². The molecule has 0 saturated carbocycles. The van der Waals surface area contributed by atoms with Gasteiger partial charge in [-0.1, -0.05) is 236 Å². The third-order valence-electron chi connectivity index (χ3n) is 19.6. The third-order valence-corrected chi connectivity index (χ3v) is 19.6. The fourth-order valence-electron chi connectivity index (χ4n) is 15.8. The SMILES string of the molecule is CC(C)(C)c1ccc(N(c2ccc(-c3ccc4c(c3)c3cc(C(C)(C)C)ccc3n4-c3ccc4c(c3)C3(c5ccccc5-c5ccccc53)c3ccccc3-4)cc2)c2ccc3c(c2)C2(c4ccccc4-c4ccccc42)c2ccccc2-3)cc1. The number of aromatic nitrogens is 1. The van der Waals surface area contributed by atoms with Crippen LogP contribution in [0.3, 0.4) is 0 Å². The van der Waals surface area contributed by atoms with Crippen molar-refractivity contribution < 1.29 is 0 Å². The van der Waals surface area contributed by atoms with Gasteiger partial charge in [0.1, 0.15) is 0 Å². The van der Waals surface area contributed by atoms with Gasteiger partial charge in [0.05, 0.1) is 21.9 Å². The number of anilines is 3. The standard InChI is InChI=1S/C82H62N2/c1-79(2,3)53-34-39-56(40-35-53)83(57-41-43-65-63-23-11-17-29-73(63)81(75(65)49-57)69-25-13-7-19-59(69)60-20-8-14-26-70(60)81)55-37-31-51(32-38-55)52-33-45-77-67(47-52)68-48-54(80(4,5)6)36-46-78(68)84(77)58-42-44-66-64-24-12-18-30-74(64)82(76(66)50-58)71-27-15-9-21-61(71)62-22-10-16-28-72(62)82/h7-50H,1-6H3. The lowest BCUT2D eigenvalue weighted by Crippen LogP contribution is -2.26. The summed E-state index contributed by atoms with van der Waals surface area (Å²) >= 11 is 0. The van der Waals surface area contributed by atoms with E-state index in [9.17, 15) is 0 Å². The minimum absolute atomic E-state index is 0.0214. The lowest BCUT2D eigenvalue weighted by atomic mass is 9.70. The Bertz CT molecular complexity index is 4790. The number of hydrogen-bond acceptors (Lipinski definition) is 1. The van der Waals surface area contributed by atoms with Crippen molar-refractivity contribution in [2.24, 2.45) is 0 Å². The van der Waals surface area contributed by atoms with Gasteiger partial charge in [0.25, 0.3) is 0 Å². The molecule has 1 aromatic heterocycles. The molecule has 1 heterocycles. The molecular formula is C82H62N2. The van der Waals surface area contributed by atoms with Gasteiger partial charge in [0, 0.05) is 33.5 Å². The first-order valence-electron chi connectivity index (χ1n) is 29.9. The van der Waals surface area contributed by atoms with Crippen molar-refractivity contribution in [3.8, 4) is 61.3 Å². The van der Waals surface area contributed by atoms with E-state index < -0.39 is 10.8 Å². The Morgan fingerprint density at radius 3 is 1.07 bits per heavy atom. The summed E-state index contributed by atoms with van der Waals surface area (Å²) in [6.07, 6.45) is 0. The Labute approximate surface area is 492 Å². The van der Waals surface area contributed by atoms with Crippen molar-refractivity contribution in [3.63, 3.8) is 0 Å². The normalized spacial score (nSPS) is 14.3. The van der Waals surface area contributed by atoms with Crippen LogP contribution in [-0.2, 0) is 21.7 Å². The first kappa shape index (κ1) is 48.9. The number of fused-ring (bicyclic) bond motifs is 23. The summed E-state index contributed by atoms with van der Waals surface area (Å²) in [6.45, 7) is 13.9. The van der Waals surface area contributed by atoms with Gasteiger partial charge in [-0.05, 0) is 195 Å². The maximum atomic E-state index is 2.53. The summed E-state index contributed by atoms with van der Waals surface area (Å²) in [7, 11) is 0. The Balaban J connectivity index is 0.813. The fraction of sp³-hybridized carbons (Fsp3) is 0.122. The first-order valence-corrected chi connectivity index (χ1v) is 29.9. The van der Waals surface area contributed by atoms with Crippen molar-refractivity contribution in [1.29, 1.82) is 0 Å². The van der Waals surface area contributed by atoms with Crippen LogP contribution in [0, 0.1) is 0 Å². The van der Waals surface area contributed by atoms with Crippen LogP contribution < -0.4 is 4.90 Å². The largest absolute Gasteiger partial charge is 0.310 e. The molecule has 4 aliphatic rings. The number of rotatable bonds is 5. The van der Waals surface area contributed by atoms with Gasteiger partial charge in [-0.25, -0.2) is 0 Å². The summed E-state index contributed by atoms with van der Waals surface area (Å²) < 4.78 is 2.53. The van der Waals surface area contributed by atoms with Gasteiger partial charge >= 0.3 is 0 Å². The highest BCUT2D eigenvalue weighted by Crippen LogP contribution is 2.65. The Morgan fingerprint density at radius 1 is 0.274 bits per heavy atom. The second kappa shape index (κ2) is 17.4. The van der Waals surface area contributed by atoms with Crippen LogP contribution in [0.2, 0.25) is 0 Å². The molecule has 0 radical (unpaired) electrons. The lowest BCUT2D eigenvalue weighted by Gasteiger charge is -2.32. The molecule has 2 spiro atoms. The van der Waals surface area contributed by atoms with E-state index in [1.165, 1.54) is 139 Å². The van der Waals surface area contributed by atoms with Crippen LogP contribution >= 0.6 is 0 Å². The monoisotopic (exact) mass is 1070 g/mol. The average molecular weight is 1080 g/mol. The number of benzene rings is 12. The molecule has 0 fully saturated rings. The minimum atomic E-state index is -0.445. The third kappa shape index (κ3) is 6.57. The maximum Gasteiger partial charge on any atom is 0.0726 e. The molecule has 0 atom stereocenters. The molecule has 4 aliphatic carbocycles. The quantitative estimate of drug-likeness (QED) is 0.167. The predicted molar refractivity (Wildman–Crippen MR) is 351 cm³/mol. The topological polar surface area (TPSA) is 8.17 Å². The average Bonchev–Trinajstić information content (AvgIpc) is 1.54. The summed E-state index contributed by atoms with van der Waals surface area (Å²) in [4.78, 5) is 2.47. The summed E-state index contributed by atoms with van der Waals surface area (Å²) in [5.74, 6) is 0. The van der Waals surface area contributed by atoms with Crippen molar-refractivity contribution in [2.75, 3.05) is 4.90 Å². The molecule has 2 heteroatoms. The predicted octanol–water partition coefficient (Wildman–Crippen LogP) is 21.2. The van der Waals surface area contributed by atoms with Crippen molar-refractivity contribution >= 4 is 38.9 Å². The van der Waals surface area contributed by atoms with Gasteiger partial charge in [-0.15, -0.1) is 0 Å². The lowest BCUT2D eigenvalue weighted by molar-refractivity contribution is 0.590. The number of hydrogen-bond donors (Lipinski definition) is 0. The molecule has 0 amide bonds. The molecule has 0 N–H and O–H groups in total. The Morgan fingerprint density at radius 2 is 0.619 bits per heavy atom. The highest BCUT2D eigenvalue weighted by atomic mass is 15.1. The number of nitrogens with zero attached hydrogens (tertiary/aromatic N) is 2. The highest BCUT2D eigenvalue weighted by molar-refractivity contribution is 6.11. The van der Waals surface area contributed by atoms with Crippen LogP contribution in [0.4, 0.5) is 17.1 Å². The van der Waals surface area contributed by atoms with E-state index in [1.54, 1.807) is 0 Å². The van der Waals surface area contributed by atoms with Gasteiger partial charge in [0.15, 0.2) is 0 Å². The Kier molecular flexibility index (Phi) is 10.1. The van der Waals surface area contributed by atoms with Gasteiger partial charge < -0.3 is 9.47 Å². The van der Waals surface area contributed by atoms with E-state index in [1.807, 2.05) is 0 Å². The Hall–Kier alpha value is -9.76. The first-order chi connectivity index (χ1) is 40.9. The van der Waals surface area contributed by atoms with Gasteiger partial charge in [-0.3, -0.25) is 0 Å². The molecule has 0 aliphatic heterocycles. The van der Waals surface area contributed by atoms with E-state index >= 15 is 0 Å². The maximum absolute atomic E-state index is 2.53. The molecule has 0 bridgehead atoms. The van der Waals surface area contributed by atoms with Crippen LogP contribution in [0.1, 0.15) is 97.2 Å². The minimum Gasteiger partial charge on any atom is -0.310 e. The van der Waals surface area contributed by atoms with Crippen molar-refractivity contribution in [2.45, 2.75) is 63.2 Å². The smallest absolute Gasteiger partial charge is 0.0726 e. The van der Waals surface area contributed by atoms with E-state index in [-0.39, 0.29) is 10.8 Å². The second-order valence-corrected chi connectivity index (χ2v) is 26.0. The van der Waals surface area contributed by atoms with E-state index in [0.717, 1.165) is 17.1 Å². The van der Waals surface area contributed by atoms with Gasteiger partial charge in [-0.2, -0.15) is 0 Å². The summed E-state index contributed by atoms with van der Waals surface area (Å²) in [5, 5.41) is 2.51.